The van der Waals surface area contributed by atoms with Crippen LogP contribution in [0.15, 0.2) is 12.1 Å². The molecule has 0 radical (unpaired) electrons. The third-order valence-corrected chi connectivity index (χ3v) is 3.75. The van der Waals surface area contributed by atoms with Crippen molar-refractivity contribution in [3.63, 3.8) is 0 Å². The topological polar surface area (TPSA) is 112 Å². The Labute approximate surface area is 122 Å². The number of pyridine rings is 1. The summed E-state index contributed by atoms with van der Waals surface area (Å²) < 4.78 is 0. The lowest BCUT2D eigenvalue weighted by atomic mass is 10.0. The van der Waals surface area contributed by atoms with Crippen LogP contribution in [0, 0.1) is 21.4 Å². The van der Waals surface area contributed by atoms with Gasteiger partial charge in [0.25, 0.3) is 0 Å². The minimum Gasteiger partial charge on any atom is -0.378 e. The maximum Gasteiger partial charge on any atom is 0.311 e. The van der Waals surface area contributed by atoms with Crippen LogP contribution in [-0.4, -0.2) is 46.5 Å². The van der Waals surface area contributed by atoms with Crippen molar-refractivity contribution in [3.8, 4) is 6.07 Å². The van der Waals surface area contributed by atoms with Crippen LogP contribution in [0.1, 0.15) is 13.8 Å². The number of nitro groups is 1. The first-order chi connectivity index (χ1) is 9.85. The van der Waals surface area contributed by atoms with Crippen LogP contribution in [0.2, 0.25) is 0 Å². The van der Waals surface area contributed by atoms with Crippen LogP contribution in [-0.2, 0) is 0 Å². The first-order valence-corrected chi connectivity index (χ1v) is 6.67. The molecule has 0 atom stereocenters. The lowest BCUT2D eigenvalue weighted by Crippen LogP contribution is -2.54. The van der Waals surface area contributed by atoms with E-state index in [4.69, 9.17) is 11.0 Å². The maximum absolute atomic E-state index is 10.7. The van der Waals surface area contributed by atoms with Gasteiger partial charge in [-0.25, -0.2) is 4.98 Å². The van der Waals surface area contributed by atoms with Crippen molar-refractivity contribution in [3.05, 3.63) is 22.2 Å². The Bertz CT molecular complexity index is 587. The van der Waals surface area contributed by atoms with Gasteiger partial charge >= 0.3 is 5.69 Å². The normalized spacial score (nSPS) is 16.5. The van der Waals surface area contributed by atoms with Crippen LogP contribution in [0.5, 0.6) is 0 Å². The second-order valence-electron chi connectivity index (χ2n) is 5.48. The van der Waals surface area contributed by atoms with E-state index in [2.05, 4.69) is 16.0 Å². The molecule has 0 spiro atoms. The van der Waals surface area contributed by atoms with Crippen molar-refractivity contribution < 1.29 is 4.92 Å². The van der Waals surface area contributed by atoms with Crippen molar-refractivity contribution in [1.29, 1.82) is 5.26 Å². The number of nitrogens with two attached hydrogens (primary N) is 1. The molecule has 2 heterocycles. The molecular weight excluding hydrogens is 272 g/mol. The third kappa shape index (κ3) is 3.03. The van der Waals surface area contributed by atoms with Gasteiger partial charge in [-0.1, -0.05) is 0 Å². The summed E-state index contributed by atoms with van der Waals surface area (Å²) in [4.78, 5) is 18.4. The fourth-order valence-corrected chi connectivity index (χ4v) is 2.35. The fraction of sp³-hybridized carbons (Fsp3) is 0.538. The van der Waals surface area contributed by atoms with Gasteiger partial charge in [0.1, 0.15) is 11.4 Å². The molecule has 1 aromatic heterocycles. The molecule has 21 heavy (non-hydrogen) atoms. The van der Waals surface area contributed by atoms with E-state index in [-0.39, 0.29) is 11.5 Å². The number of nitrogens with zero attached hydrogens (tertiary/aromatic N) is 5. The first kappa shape index (κ1) is 15.0. The van der Waals surface area contributed by atoms with Crippen LogP contribution in [0.25, 0.3) is 0 Å². The van der Waals surface area contributed by atoms with Crippen molar-refractivity contribution in [1.82, 2.24) is 9.88 Å². The van der Waals surface area contributed by atoms with Gasteiger partial charge < -0.3 is 10.6 Å². The molecule has 0 amide bonds. The lowest BCUT2D eigenvalue weighted by molar-refractivity contribution is -0.384. The van der Waals surface area contributed by atoms with Gasteiger partial charge in [-0.2, -0.15) is 5.26 Å². The molecule has 1 fully saturated rings. The molecule has 8 heteroatoms. The highest BCUT2D eigenvalue weighted by molar-refractivity contribution is 5.58. The van der Waals surface area contributed by atoms with Crippen molar-refractivity contribution in [2.75, 3.05) is 36.8 Å². The zero-order valence-electron chi connectivity index (χ0n) is 12.1. The highest BCUT2D eigenvalue weighted by Crippen LogP contribution is 2.24. The number of anilines is 2. The number of nitrogen functional groups attached to an aromatic ring is 1. The minimum absolute atomic E-state index is 0.0720. The second-order valence-corrected chi connectivity index (χ2v) is 5.48. The molecule has 8 nitrogen and oxygen atoms in total. The SMILES string of the molecule is CC(C)(C#N)N1CCN(c2ccc([N+](=O)[O-])c(N)n2)CC1. The average Bonchev–Trinajstić information content (AvgIpc) is 2.47. The Morgan fingerprint density at radius 2 is 2.00 bits per heavy atom. The van der Waals surface area contributed by atoms with Crippen LogP contribution >= 0.6 is 0 Å². The summed E-state index contributed by atoms with van der Waals surface area (Å²) in [6.07, 6.45) is 0. The van der Waals surface area contributed by atoms with Gasteiger partial charge in [-0.15, -0.1) is 0 Å². The molecule has 1 aromatic rings. The minimum atomic E-state index is -0.542. The van der Waals surface area contributed by atoms with E-state index in [0.717, 1.165) is 13.1 Å². The fourth-order valence-electron chi connectivity index (χ4n) is 2.35. The molecule has 1 aliphatic heterocycles. The Balaban J connectivity index is 2.08. The van der Waals surface area contributed by atoms with E-state index < -0.39 is 10.5 Å². The van der Waals surface area contributed by atoms with Crippen molar-refractivity contribution in [2.45, 2.75) is 19.4 Å². The largest absolute Gasteiger partial charge is 0.378 e. The van der Waals surface area contributed by atoms with E-state index in [0.29, 0.717) is 18.9 Å². The Morgan fingerprint density at radius 3 is 2.48 bits per heavy atom. The zero-order valence-corrected chi connectivity index (χ0v) is 12.1. The monoisotopic (exact) mass is 290 g/mol. The predicted molar refractivity (Wildman–Crippen MR) is 78.8 cm³/mol. The van der Waals surface area contributed by atoms with Crippen molar-refractivity contribution in [2.24, 2.45) is 0 Å². The van der Waals surface area contributed by atoms with Gasteiger partial charge in [0, 0.05) is 32.2 Å². The molecule has 1 aliphatic rings. The Morgan fingerprint density at radius 1 is 1.38 bits per heavy atom. The summed E-state index contributed by atoms with van der Waals surface area (Å²) >= 11 is 0. The molecular formula is C13H18N6O2. The van der Waals surface area contributed by atoms with Gasteiger partial charge in [0.05, 0.1) is 11.0 Å². The van der Waals surface area contributed by atoms with E-state index in [1.807, 2.05) is 18.7 Å². The molecule has 112 valence electrons. The smallest absolute Gasteiger partial charge is 0.311 e. The summed E-state index contributed by atoms with van der Waals surface area (Å²) in [5.41, 5.74) is 4.94. The van der Waals surface area contributed by atoms with E-state index >= 15 is 0 Å². The number of piperazine rings is 1. The summed E-state index contributed by atoms with van der Waals surface area (Å²) in [5, 5.41) is 19.9. The highest BCUT2D eigenvalue weighted by Gasteiger charge is 2.30. The van der Waals surface area contributed by atoms with Gasteiger partial charge in [-0.05, 0) is 19.9 Å². The Hall–Kier alpha value is -2.40. The molecule has 2 rings (SSSR count). The number of aromatic nitrogens is 1. The molecule has 0 aliphatic carbocycles. The third-order valence-electron chi connectivity index (χ3n) is 3.75. The summed E-state index contributed by atoms with van der Waals surface area (Å²) in [5.74, 6) is 0.560. The van der Waals surface area contributed by atoms with Crippen LogP contribution in [0.4, 0.5) is 17.3 Å². The number of nitriles is 1. The van der Waals surface area contributed by atoms with Crippen molar-refractivity contribution >= 4 is 17.3 Å². The summed E-state index contributed by atoms with van der Waals surface area (Å²) in [6, 6.07) is 5.28. The molecule has 2 N–H and O–H groups in total. The zero-order chi connectivity index (χ0) is 15.6. The molecule has 1 saturated heterocycles. The predicted octanol–water partition coefficient (Wildman–Crippen LogP) is 0.996. The maximum atomic E-state index is 10.7. The highest BCUT2D eigenvalue weighted by atomic mass is 16.6. The molecule has 0 saturated carbocycles. The number of hydrogen-bond acceptors (Lipinski definition) is 7. The van der Waals surface area contributed by atoms with E-state index in [9.17, 15) is 10.1 Å². The second kappa shape index (κ2) is 5.54. The number of hydrogen-bond donors (Lipinski definition) is 1. The number of rotatable bonds is 3. The average molecular weight is 290 g/mol. The molecule has 0 aromatic carbocycles. The molecule has 0 unspecified atom stereocenters. The van der Waals surface area contributed by atoms with Gasteiger partial charge in [0.2, 0.25) is 5.82 Å². The van der Waals surface area contributed by atoms with Crippen LogP contribution in [0.3, 0.4) is 0 Å². The summed E-state index contributed by atoms with van der Waals surface area (Å²) in [6.45, 7) is 6.67. The Kier molecular flexibility index (Phi) is 3.95. The summed E-state index contributed by atoms with van der Waals surface area (Å²) in [7, 11) is 0. The standard InChI is InChI=1S/C13H18N6O2/c1-13(2,9-14)18-7-5-17(6-8-18)11-4-3-10(19(20)21)12(15)16-11/h3-4H,5-8H2,1-2H3,(H2,15,16). The van der Waals surface area contributed by atoms with E-state index in [1.165, 1.54) is 6.07 Å². The van der Waals surface area contributed by atoms with Crippen LogP contribution < -0.4 is 10.6 Å². The first-order valence-electron chi connectivity index (χ1n) is 6.67. The quantitative estimate of drug-likeness (QED) is 0.652. The van der Waals surface area contributed by atoms with Gasteiger partial charge in [0.15, 0.2) is 0 Å². The van der Waals surface area contributed by atoms with Gasteiger partial charge in [-0.3, -0.25) is 15.0 Å². The molecule has 0 bridgehead atoms. The lowest BCUT2D eigenvalue weighted by Gasteiger charge is -2.40. The van der Waals surface area contributed by atoms with E-state index in [1.54, 1.807) is 6.07 Å².